The summed E-state index contributed by atoms with van der Waals surface area (Å²) >= 11 is 0. The summed E-state index contributed by atoms with van der Waals surface area (Å²) in [7, 11) is 0. The molecule has 0 bridgehead atoms. The lowest BCUT2D eigenvalue weighted by Crippen LogP contribution is -2.32. The fraction of sp³-hybridized carbons (Fsp3) is 0.333. The van der Waals surface area contributed by atoms with Crippen LogP contribution in [0.25, 0.3) is 22.4 Å². The third-order valence-corrected chi connectivity index (χ3v) is 5.32. The van der Waals surface area contributed by atoms with Crippen LogP contribution in [-0.4, -0.2) is 41.7 Å². The lowest BCUT2D eigenvalue weighted by Gasteiger charge is -2.19. The van der Waals surface area contributed by atoms with Gasteiger partial charge in [0.15, 0.2) is 0 Å². The molecule has 0 spiro atoms. The molecule has 0 radical (unpaired) electrons. The zero-order chi connectivity index (χ0) is 19.5. The molecule has 5 rings (SSSR count). The number of anilines is 1. The van der Waals surface area contributed by atoms with E-state index in [9.17, 15) is 13.2 Å². The first-order valence-corrected chi connectivity index (χ1v) is 8.81. The minimum Gasteiger partial charge on any atom is -0.352 e. The van der Waals surface area contributed by atoms with Gasteiger partial charge in [-0.15, -0.1) is 5.10 Å². The SMILES string of the molecule is Cc1cnc2ncc(-c3ccn4nc(NCC5(C(F)(F)F)CC5)ncc34)cn12. The van der Waals surface area contributed by atoms with Crippen LogP contribution in [0.5, 0.6) is 0 Å². The number of nitrogens with zero attached hydrogens (tertiary/aromatic N) is 6. The molecule has 0 aromatic carbocycles. The Morgan fingerprint density at radius 2 is 1.93 bits per heavy atom. The van der Waals surface area contributed by atoms with Gasteiger partial charge in [-0.25, -0.2) is 19.5 Å². The fourth-order valence-corrected chi connectivity index (χ4v) is 3.31. The third kappa shape index (κ3) is 2.59. The maximum atomic E-state index is 13.1. The second-order valence-electron chi connectivity index (χ2n) is 7.18. The summed E-state index contributed by atoms with van der Waals surface area (Å²) in [5.74, 6) is 0.787. The Labute approximate surface area is 157 Å². The van der Waals surface area contributed by atoms with E-state index in [1.165, 1.54) is 0 Å². The first kappa shape index (κ1) is 17.0. The number of alkyl halides is 3. The highest BCUT2D eigenvalue weighted by Crippen LogP contribution is 2.57. The minimum atomic E-state index is -4.21. The number of halogens is 3. The fourth-order valence-electron chi connectivity index (χ4n) is 3.31. The Morgan fingerprint density at radius 1 is 1.14 bits per heavy atom. The van der Waals surface area contributed by atoms with Crippen LogP contribution < -0.4 is 5.32 Å². The second kappa shape index (κ2) is 5.66. The number of rotatable bonds is 4. The van der Waals surface area contributed by atoms with E-state index in [2.05, 4.69) is 25.4 Å². The van der Waals surface area contributed by atoms with Crippen molar-refractivity contribution in [3.63, 3.8) is 0 Å². The van der Waals surface area contributed by atoms with Crippen molar-refractivity contribution in [1.82, 2.24) is 29.0 Å². The maximum absolute atomic E-state index is 13.1. The Kier molecular flexibility index (Phi) is 3.43. The topological polar surface area (TPSA) is 72.4 Å². The van der Waals surface area contributed by atoms with Crippen molar-refractivity contribution < 1.29 is 13.2 Å². The van der Waals surface area contributed by atoms with Crippen LogP contribution in [0.4, 0.5) is 19.1 Å². The van der Waals surface area contributed by atoms with Crippen LogP contribution in [0.15, 0.2) is 37.1 Å². The second-order valence-corrected chi connectivity index (χ2v) is 7.18. The van der Waals surface area contributed by atoms with Crippen LogP contribution in [-0.2, 0) is 0 Å². The highest BCUT2D eigenvalue weighted by atomic mass is 19.4. The molecule has 4 aromatic heterocycles. The summed E-state index contributed by atoms with van der Waals surface area (Å²) in [6.07, 6.45) is 4.84. The van der Waals surface area contributed by atoms with Gasteiger partial charge in [0.1, 0.15) is 0 Å². The Hall–Kier alpha value is -3.17. The molecule has 0 amide bonds. The van der Waals surface area contributed by atoms with Crippen LogP contribution in [0.2, 0.25) is 0 Å². The molecule has 10 heteroatoms. The van der Waals surface area contributed by atoms with Crippen LogP contribution in [0.3, 0.4) is 0 Å². The Balaban J connectivity index is 1.44. The van der Waals surface area contributed by atoms with Crippen molar-refractivity contribution >= 4 is 17.2 Å². The average molecular weight is 387 g/mol. The van der Waals surface area contributed by atoms with Gasteiger partial charge in [-0.05, 0) is 25.8 Å². The molecule has 28 heavy (non-hydrogen) atoms. The van der Waals surface area contributed by atoms with E-state index in [1.54, 1.807) is 29.3 Å². The lowest BCUT2D eigenvalue weighted by molar-refractivity contribution is -0.182. The average Bonchev–Trinajstić information content (AvgIpc) is 3.24. The minimum absolute atomic E-state index is 0.141. The van der Waals surface area contributed by atoms with E-state index >= 15 is 0 Å². The van der Waals surface area contributed by atoms with Crippen molar-refractivity contribution in [1.29, 1.82) is 0 Å². The van der Waals surface area contributed by atoms with Gasteiger partial charge < -0.3 is 5.32 Å². The smallest absolute Gasteiger partial charge is 0.352 e. The Bertz CT molecular complexity index is 1190. The van der Waals surface area contributed by atoms with Gasteiger partial charge in [-0.2, -0.15) is 13.2 Å². The largest absolute Gasteiger partial charge is 0.396 e. The number of hydrogen-bond acceptors (Lipinski definition) is 5. The normalized spacial score (nSPS) is 16.0. The molecule has 1 aliphatic carbocycles. The molecule has 0 atom stereocenters. The number of aryl methyl sites for hydroxylation is 1. The number of imidazole rings is 1. The summed E-state index contributed by atoms with van der Waals surface area (Å²) in [6, 6.07) is 1.88. The maximum Gasteiger partial charge on any atom is 0.396 e. The monoisotopic (exact) mass is 387 g/mol. The van der Waals surface area contributed by atoms with Crippen molar-refractivity contribution in [3.05, 3.63) is 42.7 Å². The van der Waals surface area contributed by atoms with E-state index in [-0.39, 0.29) is 25.3 Å². The highest BCUT2D eigenvalue weighted by molar-refractivity contribution is 5.79. The van der Waals surface area contributed by atoms with Gasteiger partial charge >= 0.3 is 6.18 Å². The van der Waals surface area contributed by atoms with Crippen molar-refractivity contribution in [2.75, 3.05) is 11.9 Å². The highest BCUT2D eigenvalue weighted by Gasteiger charge is 2.62. The standard InChI is InChI=1S/C18H16F3N7/c1-11-6-23-16-24-7-12(9-27(11)16)13-2-5-28-14(13)8-22-15(26-28)25-10-17(3-4-17)18(19,20)21/h2,5-9H,3-4,10H2,1H3,(H,25,26). The first-order chi connectivity index (χ1) is 13.4. The zero-order valence-corrected chi connectivity index (χ0v) is 14.9. The summed E-state index contributed by atoms with van der Waals surface area (Å²) < 4.78 is 42.7. The predicted octanol–water partition coefficient (Wildman–Crippen LogP) is 3.50. The van der Waals surface area contributed by atoms with Gasteiger partial charge in [0.05, 0.1) is 23.3 Å². The van der Waals surface area contributed by atoms with E-state index in [1.807, 2.05) is 23.6 Å². The predicted molar refractivity (Wildman–Crippen MR) is 95.9 cm³/mol. The number of fused-ring (bicyclic) bond motifs is 2. The van der Waals surface area contributed by atoms with E-state index in [4.69, 9.17) is 0 Å². The lowest BCUT2D eigenvalue weighted by atomic mass is 10.1. The van der Waals surface area contributed by atoms with Gasteiger partial charge in [-0.3, -0.25) is 4.40 Å². The molecule has 1 aliphatic rings. The summed E-state index contributed by atoms with van der Waals surface area (Å²) in [6.45, 7) is 1.73. The van der Waals surface area contributed by atoms with Gasteiger partial charge in [0.25, 0.3) is 0 Å². The molecule has 1 N–H and O–H groups in total. The van der Waals surface area contributed by atoms with Crippen molar-refractivity contribution in [2.24, 2.45) is 5.41 Å². The molecule has 0 unspecified atom stereocenters. The molecular weight excluding hydrogens is 371 g/mol. The zero-order valence-electron chi connectivity index (χ0n) is 14.9. The van der Waals surface area contributed by atoms with E-state index in [0.29, 0.717) is 5.78 Å². The van der Waals surface area contributed by atoms with Crippen molar-refractivity contribution in [3.8, 4) is 11.1 Å². The number of nitrogens with one attached hydrogen (secondary N) is 1. The van der Waals surface area contributed by atoms with Gasteiger partial charge in [0, 0.05) is 42.0 Å². The quantitative estimate of drug-likeness (QED) is 0.580. The van der Waals surface area contributed by atoms with Crippen LogP contribution >= 0.6 is 0 Å². The summed E-state index contributed by atoms with van der Waals surface area (Å²) in [5.41, 5.74) is 1.81. The molecular formula is C18H16F3N7. The molecule has 1 saturated carbocycles. The molecule has 0 saturated heterocycles. The van der Waals surface area contributed by atoms with Gasteiger partial charge in [-0.1, -0.05) is 0 Å². The summed E-state index contributed by atoms with van der Waals surface area (Å²) in [5, 5.41) is 7.03. The van der Waals surface area contributed by atoms with Crippen LogP contribution in [0, 0.1) is 12.3 Å². The van der Waals surface area contributed by atoms with Gasteiger partial charge in [0.2, 0.25) is 11.7 Å². The number of aromatic nitrogens is 6. The molecule has 0 aliphatic heterocycles. The molecule has 4 aromatic rings. The van der Waals surface area contributed by atoms with Crippen LogP contribution in [0.1, 0.15) is 18.5 Å². The molecule has 7 nitrogen and oxygen atoms in total. The molecule has 144 valence electrons. The molecule has 1 fully saturated rings. The Morgan fingerprint density at radius 3 is 2.68 bits per heavy atom. The van der Waals surface area contributed by atoms with E-state index in [0.717, 1.165) is 22.3 Å². The first-order valence-electron chi connectivity index (χ1n) is 8.81. The summed E-state index contributed by atoms with van der Waals surface area (Å²) in [4.78, 5) is 12.8. The molecule has 4 heterocycles. The van der Waals surface area contributed by atoms with E-state index < -0.39 is 11.6 Å². The van der Waals surface area contributed by atoms with Crippen molar-refractivity contribution in [2.45, 2.75) is 25.9 Å². The number of hydrogen-bond donors (Lipinski definition) is 1. The third-order valence-electron chi connectivity index (χ3n) is 5.32.